The molecule has 0 radical (unpaired) electrons. The monoisotopic (exact) mass is 320 g/mol. The minimum Gasteiger partial charge on any atom is -0.294 e. The molecule has 0 atom stereocenters. The second kappa shape index (κ2) is 5.53. The number of nitrogens with zero attached hydrogens (tertiary/aromatic N) is 4. The van der Waals surface area contributed by atoms with Gasteiger partial charge in [0.15, 0.2) is 5.65 Å². The van der Waals surface area contributed by atoms with Crippen molar-refractivity contribution in [2.75, 3.05) is 0 Å². The van der Waals surface area contributed by atoms with Crippen LogP contribution < -0.4 is 5.56 Å². The quantitative estimate of drug-likeness (QED) is 0.745. The van der Waals surface area contributed by atoms with Gasteiger partial charge in [-0.2, -0.15) is 5.10 Å². The molecule has 0 aliphatic carbocycles. The smallest absolute Gasteiger partial charge is 0.264 e. The minimum atomic E-state index is -0.519. The number of fused-ring (bicyclic) bond motifs is 1. The molecule has 0 unspecified atom stereocenters. The van der Waals surface area contributed by atoms with E-state index in [0.29, 0.717) is 16.6 Å². The molecule has 0 amide bonds. The fraction of sp³-hybridized carbons (Fsp3) is 0.267. The molecule has 22 heavy (non-hydrogen) atoms. The summed E-state index contributed by atoms with van der Waals surface area (Å²) in [5.41, 5.74) is 0.617. The first-order valence-corrected chi connectivity index (χ1v) is 7.22. The lowest BCUT2D eigenvalue weighted by Crippen LogP contribution is -2.21. The molecule has 2 heterocycles. The van der Waals surface area contributed by atoms with E-state index in [1.165, 1.54) is 23.2 Å². The molecule has 114 valence electrons. The Morgan fingerprint density at radius 2 is 2.14 bits per heavy atom. The van der Waals surface area contributed by atoms with Gasteiger partial charge in [-0.1, -0.05) is 23.7 Å². The van der Waals surface area contributed by atoms with E-state index in [1.54, 1.807) is 16.8 Å². The van der Waals surface area contributed by atoms with E-state index in [4.69, 9.17) is 11.6 Å². The fourth-order valence-corrected chi connectivity index (χ4v) is 2.51. The predicted molar refractivity (Wildman–Crippen MR) is 82.7 cm³/mol. The Bertz CT molecular complexity index is 900. The predicted octanol–water partition coefficient (Wildman–Crippen LogP) is 3.01. The van der Waals surface area contributed by atoms with Gasteiger partial charge < -0.3 is 0 Å². The molecule has 3 aromatic rings. The van der Waals surface area contributed by atoms with Crippen LogP contribution in [0.5, 0.6) is 0 Å². The highest BCUT2D eigenvalue weighted by Gasteiger charge is 2.13. The van der Waals surface area contributed by atoms with E-state index in [0.717, 1.165) is 0 Å². The Morgan fingerprint density at radius 3 is 2.86 bits per heavy atom. The zero-order valence-corrected chi connectivity index (χ0v) is 12.9. The summed E-state index contributed by atoms with van der Waals surface area (Å²) < 4.78 is 17.0. The Hall–Kier alpha value is -2.21. The maximum atomic E-state index is 14.0. The van der Waals surface area contributed by atoms with Gasteiger partial charge in [0.25, 0.3) is 5.56 Å². The Kier molecular flexibility index (Phi) is 3.70. The molecule has 0 aliphatic rings. The van der Waals surface area contributed by atoms with Crippen LogP contribution in [0, 0.1) is 5.82 Å². The first-order valence-electron chi connectivity index (χ1n) is 6.84. The molecule has 0 fully saturated rings. The average Bonchev–Trinajstić information content (AvgIpc) is 2.91. The third kappa shape index (κ3) is 2.39. The summed E-state index contributed by atoms with van der Waals surface area (Å²) in [6.07, 6.45) is 2.90. The largest absolute Gasteiger partial charge is 0.294 e. The van der Waals surface area contributed by atoms with Gasteiger partial charge in [-0.15, -0.1) is 0 Å². The van der Waals surface area contributed by atoms with Crippen molar-refractivity contribution >= 4 is 22.6 Å². The summed E-state index contributed by atoms with van der Waals surface area (Å²) in [7, 11) is 0. The van der Waals surface area contributed by atoms with Crippen molar-refractivity contribution in [2.24, 2.45) is 0 Å². The van der Waals surface area contributed by atoms with Crippen LogP contribution in [0.1, 0.15) is 25.5 Å². The van der Waals surface area contributed by atoms with Gasteiger partial charge in [-0.05, 0) is 19.9 Å². The highest BCUT2D eigenvalue weighted by Crippen LogP contribution is 2.18. The standard InChI is InChI=1S/C15H14ClFN4O/c1-9(2)21-14-11(6-19-21)15(22)20(8-18-14)7-10-4-3-5-12(16)13(10)17/h3-6,8-9H,7H2,1-2H3. The lowest BCUT2D eigenvalue weighted by molar-refractivity contribution is 0.545. The fourth-order valence-electron chi connectivity index (χ4n) is 2.31. The van der Waals surface area contributed by atoms with Crippen molar-refractivity contribution in [3.8, 4) is 0 Å². The topological polar surface area (TPSA) is 52.7 Å². The zero-order chi connectivity index (χ0) is 15.9. The van der Waals surface area contributed by atoms with Crippen molar-refractivity contribution in [1.82, 2.24) is 19.3 Å². The van der Waals surface area contributed by atoms with Crippen LogP contribution in [-0.2, 0) is 6.54 Å². The molecule has 0 saturated carbocycles. The van der Waals surface area contributed by atoms with Crippen molar-refractivity contribution in [2.45, 2.75) is 26.4 Å². The van der Waals surface area contributed by atoms with Crippen LogP contribution in [-0.4, -0.2) is 19.3 Å². The van der Waals surface area contributed by atoms with Crippen molar-refractivity contribution in [3.05, 3.63) is 57.5 Å². The van der Waals surface area contributed by atoms with Crippen molar-refractivity contribution < 1.29 is 4.39 Å². The summed E-state index contributed by atoms with van der Waals surface area (Å²) >= 11 is 5.76. The molecule has 2 aromatic heterocycles. The molecule has 0 spiro atoms. The van der Waals surface area contributed by atoms with Crippen molar-refractivity contribution in [1.29, 1.82) is 0 Å². The molecular weight excluding hydrogens is 307 g/mol. The van der Waals surface area contributed by atoms with E-state index in [-0.39, 0.29) is 23.2 Å². The molecule has 0 bridgehead atoms. The Labute approximate surface area is 131 Å². The summed E-state index contributed by atoms with van der Waals surface area (Å²) in [5.74, 6) is -0.519. The Balaban J connectivity index is 2.07. The summed E-state index contributed by atoms with van der Waals surface area (Å²) in [5, 5.41) is 4.63. The molecule has 0 aliphatic heterocycles. The SMILES string of the molecule is CC(C)n1ncc2c(=O)n(Cc3cccc(Cl)c3F)cnc21. The lowest BCUT2D eigenvalue weighted by atomic mass is 10.2. The van der Waals surface area contributed by atoms with Gasteiger partial charge in [0, 0.05) is 11.6 Å². The van der Waals surface area contributed by atoms with Gasteiger partial charge >= 0.3 is 0 Å². The molecule has 3 rings (SSSR count). The third-order valence-corrected chi connectivity index (χ3v) is 3.73. The van der Waals surface area contributed by atoms with Gasteiger partial charge in [0.1, 0.15) is 17.5 Å². The zero-order valence-electron chi connectivity index (χ0n) is 12.1. The van der Waals surface area contributed by atoms with Gasteiger partial charge in [-0.25, -0.2) is 14.1 Å². The number of halogens is 2. The molecule has 7 heteroatoms. The number of aromatic nitrogens is 4. The molecule has 0 saturated heterocycles. The molecule has 5 nitrogen and oxygen atoms in total. The summed E-state index contributed by atoms with van der Waals surface area (Å²) in [6.45, 7) is 3.99. The second-order valence-corrected chi connectivity index (χ2v) is 5.72. The molecular formula is C15H14ClFN4O. The van der Waals surface area contributed by atoms with Crippen LogP contribution in [0.15, 0.2) is 35.5 Å². The average molecular weight is 321 g/mol. The first-order chi connectivity index (χ1) is 10.5. The first kappa shape index (κ1) is 14.7. The third-order valence-electron chi connectivity index (χ3n) is 3.44. The highest BCUT2D eigenvalue weighted by atomic mass is 35.5. The molecule has 1 aromatic carbocycles. The van der Waals surface area contributed by atoms with Crippen LogP contribution in [0.25, 0.3) is 11.0 Å². The van der Waals surface area contributed by atoms with Crippen LogP contribution in [0.4, 0.5) is 4.39 Å². The summed E-state index contributed by atoms with van der Waals surface area (Å²) in [6, 6.07) is 4.81. The lowest BCUT2D eigenvalue weighted by Gasteiger charge is -2.09. The summed E-state index contributed by atoms with van der Waals surface area (Å²) in [4.78, 5) is 16.8. The second-order valence-electron chi connectivity index (χ2n) is 5.31. The van der Waals surface area contributed by atoms with Gasteiger partial charge in [0.05, 0.1) is 17.8 Å². The van der Waals surface area contributed by atoms with Gasteiger partial charge in [0.2, 0.25) is 0 Å². The van der Waals surface area contributed by atoms with E-state index in [1.807, 2.05) is 13.8 Å². The van der Waals surface area contributed by atoms with E-state index in [9.17, 15) is 9.18 Å². The van der Waals surface area contributed by atoms with E-state index in [2.05, 4.69) is 10.1 Å². The maximum Gasteiger partial charge on any atom is 0.264 e. The van der Waals surface area contributed by atoms with Crippen LogP contribution >= 0.6 is 11.6 Å². The number of benzene rings is 1. The van der Waals surface area contributed by atoms with E-state index < -0.39 is 5.82 Å². The van der Waals surface area contributed by atoms with E-state index >= 15 is 0 Å². The minimum absolute atomic E-state index is 0.0345. The molecule has 0 N–H and O–H groups in total. The van der Waals surface area contributed by atoms with Gasteiger partial charge in [-0.3, -0.25) is 9.36 Å². The maximum absolute atomic E-state index is 14.0. The normalized spacial score (nSPS) is 11.5. The number of hydrogen-bond acceptors (Lipinski definition) is 3. The number of rotatable bonds is 3. The van der Waals surface area contributed by atoms with Crippen LogP contribution in [0.3, 0.4) is 0 Å². The number of hydrogen-bond donors (Lipinski definition) is 0. The highest BCUT2D eigenvalue weighted by molar-refractivity contribution is 6.30. The van der Waals surface area contributed by atoms with Crippen molar-refractivity contribution in [3.63, 3.8) is 0 Å². The Morgan fingerprint density at radius 1 is 1.36 bits per heavy atom. The van der Waals surface area contributed by atoms with Crippen LogP contribution in [0.2, 0.25) is 5.02 Å².